The molecule has 0 radical (unpaired) electrons. The second-order valence-corrected chi connectivity index (χ2v) is 4.73. The summed E-state index contributed by atoms with van der Waals surface area (Å²) in [5, 5.41) is 3.20. The average Bonchev–Trinajstić information content (AvgIpc) is 2.53. The first-order valence-corrected chi connectivity index (χ1v) is 7.27. The Morgan fingerprint density at radius 1 is 1.05 bits per heavy atom. The van der Waals surface area contributed by atoms with Gasteiger partial charge in [0.2, 0.25) is 0 Å². The lowest BCUT2D eigenvalue weighted by Crippen LogP contribution is -2.13. The molecular formula is C16H27NO4. The quantitative estimate of drug-likeness (QED) is 0.636. The van der Waals surface area contributed by atoms with Crippen molar-refractivity contribution in [1.29, 1.82) is 0 Å². The van der Waals surface area contributed by atoms with Gasteiger partial charge in [-0.2, -0.15) is 0 Å². The highest BCUT2D eigenvalue weighted by atomic mass is 16.5. The number of rotatable bonds is 11. The van der Waals surface area contributed by atoms with Crippen molar-refractivity contribution in [3.05, 3.63) is 23.8 Å². The van der Waals surface area contributed by atoms with Crippen molar-refractivity contribution < 1.29 is 18.9 Å². The molecule has 0 amide bonds. The lowest BCUT2D eigenvalue weighted by Gasteiger charge is -2.15. The molecule has 5 heteroatoms. The van der Waals surface area contributed by atoms with E-state index in [1.807, 2.05) is 25.2 Å². The Labute approximate surface area is 127 Å². The van der Waals surface area contributed by atoms with Gasteiger partial charge in [0.1, 0.15) is 6.61 Å². The molecule has 0 saturated heterocycles. The third-order valence-electron chi connectivity index (χ3n) is 3.24. The molecule has 1 rings (SSSR count). The van der Waals surface area contributed by atoms with Crippen LogP contribution in [-0.2, 0) is 9.47 Å². The van der Waals surface area contributed by atoms with Gasteiger partial charge in [0, 0.05) is 26.4 Å². The predicted octanol–water partition coefficient (Wildman–Crippen LogP) is 2.41. The van der Waals surface area contributed by atoms with Crippen molar-refractivity contribution in [3.8, 4) is 11.5 Å². The van der Waals surface area contributed by atoms with Gasteiger partial charge < -0.3 is 24.3 Å². The monoisotopic (exact) mass is 297 g/mol. The molecule has 0 aliphatic rings. The highest BCUT2D eigenvalue weighted by Crippen LogP contribution is 2.30. The molecule has 1 atom stereocenters. The largest absolute Gasteiger partial charge is 0.493 e. The number of benzene rings is 1. The topological polar surface area (TPSA) is 49.0 Å². The van der Waals surface area contributed by atoms with Crippen LogP contribution in [0.1, 0.15) is 24.9 Å². The zero-order valence-electron chi connectivity index (χ0n) is 13.5. The van der Waals surface area contributed by atoms with Gasteiger partial charge in [-0.1, -0.05) is 6.07 Å². The molecule has 0 fully saturated rings. The number of methoxy groups -OCH3 is 2. The molecule has 120 valence electrons. The molecule has 0 aliphatic heterocycles. The van der Waals surface area contributed by atoms with Crippen LogP contribution >= 0.6 is 0 Å². The zero-order chi connectivity index (χ0) is 15.5. The third kappa shape index (κ3) is 6.33. The Hall–Kier alpha value is -1.30. The van der Waals surface area contributed by atoms with Crippen LogP contribution in [0.15, 0.2) is 18.2 Å². The number of nitrogens with one attached hydrogen (secondary N) is 1. The summed E-state index contributed by atoms with van der Waals surface area (Å²) >= 11 is 0. The summed E-state index contributed by atoms with van der Waals surface area (Å²) in [7, 11) is 5.27. The summed E-state index contributed by atoms with van der Waals surface area (Å²) in [5.41, 5.74) is 1.16. The summed E-state index contributed by atoms with van der Waals surface area (Å²) in [6, 6.07) is 6.25. The van der Waals surface area contributed by atoms with E-state index in [0.29, 0.717) is 19.8 Å². The van der Waals surface area contributed by atoms with E-state index in [0.717, 1.165) is 30.1 Å². The third-order valence-corrected chi connectivity index (χ3v) is 3.24. The van der Waals surface area contributed by atoms with Gasteiger partial charge in [-0.3, -0.25) is 0 Å². The van der Waals surface area contributed by atoms with Gasteiger partial charge in [-0.15, -0.1) is 0 Å². The van der Waals surface area contributed by atoms with Crippen LogP contribution < -0.4 is 14.8 Å². The van der Waals surface area contributed by atoms with E-state index in [1.165, 1.54) is 0 Å². The Morgan fingerprint density at radius 2 is 1.86 bits per heavy atom. The minimum atomic E-state index is 0.275. The van der Waals surface area contributed by atoms with E-state index >= 15 is 0 Å². The highest BCUT2D eigenvalue weighted by molar-refractivity contribution is 5.43. The van der Waals surface area contributed by atoms with E-state index in [-0.39, 0.29) is 6.04 Å². The normalized spacial score (nSPS) is 12.2. The van der Waals surface area contributed by atoms with Gasteiger partial charge in [0.05, 0.1) is 13.7 Å². The molecule has 0 spiro atoms. The summed E-state index contributed by atoms with van der Waals surface area (Å²) in [5.74, 6) is 1.49. The second kappa shape index (κ2) is 10.4. The van der Waals surface area contributed by atoms with Gasteiger partial charge in [-0.25, -0.2) is 0 Å². The Balaban J connectivity index is 2.40. The fourth-order valence-corrected chi connectivity index (χ4v) is 1.86. The Morgan fingerprint density at radius 3 is 2.52 bits per heavy atom. The standard InChI is InChI=1S/C16H27NO4/c1-13(17-2)14-6-7-15(16(12-14)19-4)21-11-10-20-9-5-8-18-3/h6-7,12-13,17H,5,8-11H2,1-4H3. The fourth-order valence-electron chi connectivity index (χ4n) is 1.86. The average molecular weight is 297 g/mol. The maximum atomic E-state index is 5.70. The van der Waals surface area contributed by atoms with Gasteiger partial charge in [0.15, 0.2) is 11.5 Å². The second-order valence-electron chi connectivity index (χ2n) is 4.73. The van der Waals surface area contributed by atoms with Crippen LogP contribution in [-0.4, -0.2) is 47.7 Å². The molecule has 21 heavy (non-hydrogen) atoms. The van der Waals surface area contributed by atoms with Crippen molar-refractivity contribution >= 4 is 0 Å². The van der Waals surface area contributed by atoms with Gasteiger partial charge in [0.25, 0.3) is 0 Å². The zero-order valence-corrected chi connectivity index (χ0v) is 13.5. The van der Waals surface area contributed by atoms with E-state index in [9.17, 15) is 0 Å². The molecule has 1 N–H and O–H groups in total. The number of hydrogen-bond donors (Lipinski definition) is 1. The molecule has 0 bridgehead atoms. The number of hydrogen-bond acceptors (Lipinski definition) is 5. The molecular weight excluding hydrogens is 270 g/mol. The van der Waals surface area contributed by atoms with Crippen LogP contribution in [0.4, 0.5) is 0 Å². The van der Waals surface area contributed by atoms with E-state index < -0.39 is 0 Å². The molecule has 5 nitrogen and oxygen atoms in total. The molecule has 0 aromatic heterocycles. The van der Waals surface area contributed by atoms with Crippen molar-refractivity contribution in [2.75, 3.05) is 47.7 Å². The van der Waals surface area contributed by atoms with Gasteiger partial charge >= 0.3 is 0 Å². The van der Waals surface area contributed by atoms with Crippen molar-refractivity contribution in [2.24, 2.45) is 0 Å². The summed E-state index contributed by atoms with van der Waals surface area (Å²) in [6.45, 7) is 4.57. The maximum Gasteiger partial charge on any atom is 0.161 e. The Bertz CT molecular complexity index is 398. The maximum absolute atomic E-state index is 5.70. The first-order chi connectivity index (χ1) is 10.2. The minimum Gasteiger partial charge on any atom is -0.493 e. The molecule has 1 aromatic carbocycles. The predicted molar refractivity (Wildman–Crippen MR) is 83.3 cm³/mol. The van der Waals surface area contributed by atoms with Crippen LogP contribution in [0.25, 0.3) is 0 Å². The molecule has 0 aliphatic carbocycles. The van der Waals surface area contributed by atoms with Crippen LogP contribution in [0.2, 0.25) is 0 Å². The van der Waals surface area contributed by atoms with Crippen LogP contribution in [0, 0.1) is 0 Å². The van der Waals surface area contributed by atoms with Crippen molar-refractivity contribution in [1.82, 2.24) is 5.32 Å². The first-order valence-electron chi connectivity index (χ1n) is 7.27. The minimum absolute atomic E-state index is 0.275. The fraction of sp³-hybridized carbons (Fsp3) is 0.625. The van der Waals surface area contributed by atoms with E-state index in [4.69, 9.17) is 18.9 Å². The van der Waals surface area contributed by atoms with Crippen LogP contribution in [0.3, 0.4) is 0 Å². The highest BCUT2D eigenvalue weighted by Gasteiger charge is 2.09. The molecule has 0 saturated carbocycles. The summed E-state index contributed by atoms with van der Waals surface area (Å²) in [6.07, 6.45) is 0.899. The first kappa shape index (κ1) is 17.8. The Kier molecular flexibility index (Phi) is 8.82. The molecule has 0 heterocycles. The lowest BCUT2D eigenvalue weighted by atomic mass is 10.1. The summed E-state index contributed by atoms with van der Waals surface area (Å²) < 4.78 is 21.5. The van der Waals surface area contributed by atoms with Crippen molar-refractivity contribution in [2.45, 2.75) is 19.4 Å². The molecule has 1 aromatic rings. The van der Waals surface area contributed by atoms with Gasteiger partial charge in [-0.05, 0) is 38.1 Å². The lowest BCUT2D eigenvalue weighted by molar-refractivity contribution is 0.0799. The van der Waals surface area contributed by atoms with Crippen molar-refractivity contribution in [3.63, 3.8) is 0 Å². The summed E-state index contributed by atoms with van der Waals surface area (Å²) in [4.78, 5) is 0. The number of ether oxygens (including phenoxy) is 4. The van der Waals surface area contributed by atoms with E-state index in [1.54, 1.807) is 14.2 Å². The SMILES string of the molecule is CNC(C)c1ccc(OCCOCCCOC)c(OC)c1. The smallest absolute Gasteiger partial charge is 0.161 e. The molecule has 1 unspecified atom stereocenters. The van der Waals surface area contributed by atoms with E-state index in [2.05, 4.69) is 12.2 Å². The van der Waals surface area contributed by atoms with Crippen LogP contribution in [0.5, 0.6) is 11.5 Å².